The van der Waals surface area contributed by atoms with Crippen molar-refractivity contribution in [1.82, 2.24) is 19.7 Å². The monoisotopic (exact) mass is 376 g/mol. The number of benzene rings is 1. The summed E-state index contributed by atoms with van der Waals surface area (Å²) in [4.78, 5) is 19.1. The Balaban J connectivity index is 1.53. The molecule has 0 saturated heterocycles. The lowest BCUT2D eigenvalue weighted by Crippen LogP contribution is -2.36. The van der Waals surface area contributed by atoms with Gasteiger partial charge in [0.1, 0.15) is 12.3 Å². The van der Waals surface area contributed by atoms with E-state index in [0.717, 1.165) is 34.4 Å². The molecule has 0 spiro atoms. The highest BCUT2D eigenvalue weighted by molar-refractivity contribution is 5.94. The normalized spacial score (nSPS) is 13.3. The molecule has 3 aromatic rings. The number of hydrogen-bond acceptors (Lipinski definition) is 4. The van der Waals surface area contributed by atoms with Gasteiger partial charge in [-0.1, -0.05) is 17.7 Å². The lowest BCUT2D eigenvalue weighted by molar-refractivity contribution is 0.0732. The van der Waals surface area contributed by atoms with E-state index in [2.05, 4.69) is 10.1 Å². The van der Waals surface area contributed by atoms with Crippen LogP contribution < -0.4 is 4.74 Å². The van der Waals surface area contributed by atoms with Crippen LogP contribution in [0, 0.1) is 13.8 Å². The fourth-order valence-electron chi connectivity index (χ4n) is 3.65. The van der Waals surface area contributed by atoms with Crippen molar-refractivity contribution in [2.24, 2.45) is 7.05 Å². The average molecular weight is 376 g/mol. The van der Waals surface area contributed by atoms with Crippen molar-refractivity contribution < 1.29 is 9.53 Å². The second-order valence-electron chi connectivity index (χ2n) is 7.30. The molecule has 0 saturated carbocycles. The molecule has 0 atom stereocenters. The fraction of sp³-hybridized carbons (Fsp3) is 0.318. The minimum Gasteiger partial charge on any atom is -0.471 e. The van der Waals surface area contributed by atoms with E-state index in [1.807, 2.05) is 66.9 Å². The lowest BCUT2D eigenvalue weighted by Gasteiger charge is -2.28. The molecule has 0 unspecified atom stereocenters. The third kappa shape index (κ3) is 3.63. The molecule has 2 aromatic heterocycles. The Morgan fingerprint density at radius 3 is 2.79 bits per heavy atom. The first-order valence-corrected chi connectivity index (χ1v) is 9.46. The summed E-state index contributed by atoms with van der Waals surface area (Å²) in [5.41, 5.74) is 6.04. The number of aryl methyl sites for hydroxylation is 3. The smallest absolute Gasteiger partial charge is 0.254 e. The summed E-state index contributed by atoms with van der Waals surface area (Å²) in [6.07, 6.45) is 2.53. The van der Waals surface area contributed by atoms with E-state index in [-0.39, 0.29) is 5.91 Å². The first-order chi connectivity index (χ1) is 13.5. The molecule has 0 bridgehead atoms. The molecule has 3 heterocycles. The summed E-state index contributed by atoms with van der Waals surface area (Å²) in [6.45, 7) is 5.59. The van der Waals surface area contributed by atoms with Crippen LogP contribution in [0.1, 0.15) is 38.4 Å². The van der Waals surface area contributed by atoms with Crippen LogP contribution in [-0.2, 0) is 26.6 Å². The molecule has 28 heavy (non-hydrogen) atoms. The van der Waals surface area contributed by atoms with Crippen LogP contribution in [0.2, 0.25) is 0 Å². The van der Waals surface area contributed by atoms with Crippen molar-refractivity contribution in [3.63, 3.8) is 0 Å². The van der Waals surface area contributed by atoms with Crippen LogP contribution in [0.5, 0.6) is 5.88 Å². The Morgan fingerprint density at radius 2 is 2.00 bits per heavy atom. The average Bonchev–Trinajstić information content (AvgIpc) is 3.01. The van der Waals surface area contributed by atoms with Gasteiger partial charge in [-0.05, 0) is 37.6 Å². The third-order valence-corrected chi connectivity index (χ3v) is 5.12. The summed E-state index contributed by atoms with van der Waals surface area (Å²) in [5, 5.41) is 4.64. The summed E-state index contributed by atoms with van der Waals surface area (Å²) >= 11 is 0. The van der Waals surface area contributed by atoms with Gasteiger partial charge in [0.2, 0.25) is 5.88 Å². The van der Waals surface area contributed by atoms with Gasteiger partial charge in [0.15, 0.2) is 0 Å². The van der Waals surface area contributed by atoms with Gasteiger partial charge in [-0.25, -0.2) is 4.98 Å². The number of carbonyl (C=O) groups is 1. The van der Waals surface area contributed by atoms with E-state index in [4.69, 9.17) is 4.74 Å². The highest BCUT2D eigenvalue weighted by Crippen LogP contribution is 2.24. The van der Waals surface area contributed by atoms with Crippen LogP contribution in [0.15, 0.2) is 42.6 Å². The van der Waals surface area contributed by atoms with Gasteiger partial charge in [0, 0.05) is 55.6 Å². The van der Waals surface area contributed by atoms with Gasteiger partial charge >= 0.3 is 0 Å². The molecule has 144 valence electrons. The van der Waals surface area contributed by atoms with E-state index in [9.17, 15) is 4.79 Å². The molecule has 0 N–H and O–H groups in total. The van der Waals surface area contributed by atoms with Crippen LogP contribution >= 0.6 is 0 Å². The summed E-state index contributed by atoms with van der Waals surface area (Å²) in [7, 11) is 1.95. The fourth-order valence-corrected chi connectivity index (χ4v) is 3.65. The predicted octanol–water partition coefficient (Wildman–Crippen LogP) is 3.21. The van der Waals surface area contributed by atoms with Crippen molar-refractivity contribution in [3.8, 4) is 5.88 Å². The van der Waals surface area contributed by atoms with Gasteiger partial charge in [-0.2, -0.15) is 5.10 Å². The summed E-state index contributed by atoms with van der Waals surface area (Å²) in [6, 6.07) is 11.6. The number of nitrogens with zero attached hydrogens (tertiary/aromatic N) is 4. The van der Waals surface area contributed by atoms with E-state index in [1.54, 1.807) is 6.20 Å². The zero-order chi connectivity index (χ0) is 19.7. The van der Waals surface area contributed by atoms with E-state index in [0.29, 0.717) is 25.6 Å². The number of ether oxygens (including phenoxy) is 1. The Kier molecular flexibility index (Phi) is 4.86. The highest BCUT2D eigenvalue weighted by atomic mass is 16.5. The van der Waals surface area contributed by atoms with Crippen molar-refractivity contribution >= 4 is 5.91 Å². The van der Waals surface area contributed by atoms with E-state index in [1.165, 1.54) is 5.69 Å². The number of fused-ring (bicyclic) bond motifs is 1. The van der Waals surface area contributed by atoms with E-state index >= 15 is 0 Å². The molecular formula is C22H24N4O2. The molecule has 0 radical (unpaired) electrons. The maximum Gasteiger partial charge on any atom is 0.254 e. The lowest BCUT2D eigenvalue weighted by atomic mass is 10.0. The SMILES string of the molecule is Cc1cccc(C(=O)N2CCc3c(c(COc4cc(C)ccn4)nn3C)C2)c1. The molecule has 1 aromatic carbocycles. The van der Waals surface area contributed by atoms with Gasteiger partial charge in [-0.3, -0.25) is 9.48 Å². The maximum absolute atomic E-state index is 13.0. The van der Waals surface area contributed by atoms with Crippen molar-refractivity contribution in [3.05, 3.63) is 76.2 Å². The first kappa shape index (κ1) is 18.2. The molecule has 6 heteroatoms. The molecule has 1 aliphatic rings. The Bertz CT molecular complexity index is 1030. The zero-order valence-electron chi connectivity index (χ0n) is 16.5. The molecule has 4 rings (SSSR count). The maximum atomic E-state index is 13.0. The summed E-state index contributed by atoms with van der Waals surface area (Å²) < 4.78 is 7.77. The Morgan fingerprint density at radius 1 is 1.18 bits per heavy atom. The third-order valence-electron chi connectivity index (χ3n) is 5.12. The molecule has 0 fully saturated rings. The van der Waals surface area contributed by atoms with Crippen molar-refractivity contribution in [2.75, 3.05) is 6.54 Å². The Labute approximate surface area is 164 Å². The quantitative estimate of drug-likeness (QED) is 0.702. The second kappa shape index (κ2) is 7.46. The highest BCUT2D eigenvalue weighted by Gasteiger charge is 2.27. The van der Waals surface area contributed by atoms with Crippen LogP contribution in [-0.4, -0.2) is 32.1 Å². The van der Waals surface area contributed by atoms with Crippen molar-refractivity contribution in [1.29, 1.82) is 0 Å². The number of rotatable bonds is 4. The van der Waals surface area contributed by atoms with Gasteiger partial charge in [-0.15, -0.1) is 0 Å². The molecule has 6 nitrogen and oxygen atoms in total. The zero-order valence-corrected chi connectivity index (χ0v) is 16.5. The number of amides is 1. The van der Waals surface area contributed by atoms with Gasteiger partial charge < -0.3 is 9.64 Å². The number of hydrogen-bond donors (Lipinski definition) is 0. The van der Waals surface area contributed by atoms with Gasteiger partial charge in [0.05, 0.1) is 0 Å². The Hall–Kier alpha value is -3.15. The topological polar surface area (TPSA) is 60.3 Å². The minimum atomic E-state index is 0.0606. The second-order valence-corrected chi connectivity index (χ2v) is 7.30. The largest absolute Gasteiger partial charge is 0.471 e. The van der Waals surface area contributed by atoms with Gasteiger partial charge in [0.25, 0.3) is 5.91 Å². The molecule has 0 aliphatic carbocycles. The molecular weight excluding hydrogens is 352 g/mol. The van der Waals surface area contributed by atoms with Crippen LogP contribution in [0.4, 0.5) is 0 Å². The number of carbonyl (C=O) groups excluding carboxylic acids is 1. The standard InChI is InChI=1S/C22H24N4O2/c1-15-5-4-6-17(11-15)22(27)26-10-8-20-18(13-26)19(24-25(20)3)14-28-21-12-16(2)7-9-23-21/h4-7,9,11-12H,8,10,13-14H2,1-3H3. The van der Waals surface area contributed by atoms with Crippen molar-refractivity contribution in [2.45, 2.75) is 33.4 Å². The number of aromatic nitrogens is 3. The van der Waals surface area contributed by atoms with Crippen LogP contribution in [0.25, 0.3) is 0 Å². The van der Waals surface area contributed by atoms with Crippen LogP contribution in [0.3, 0.4) is 0 Å². The first-order valence-electron chi connectivity index (χ1n) is 9.46. The van der Waals surface area contributed by atoms with E-state index < -0.39 is 0 Å². The molecule has 1 aliphatic heterocycles. The minimum absolute atomic E-state index is 0.0606. The predicted molar refractivity (Wildman–Crippen MR) is 106 cm³/mol. The number of pyridine rings is 1. The molecule has 1 amide bonds. The summed E-state index contributed by atoms with van der Waals surface area (Å²) in [5.74, 6) is 0.647.